The Morgan fingerprint density at radius 3 is 2.50 bits per heavy atom. The van der Waals surface area contributed by atoms with Crippen molar-refractivity contribution in [2.45, 2.75) is 31.1 Å². The predicted octanol–water partition coefficient (Wildman–Crippen LogP) is 5.13. The highest BCUT2D eigenvalue weighted by molar-refractivity contribution is 7.99. The third-order valence-corrected chi connectivity index (χ3v) is 4.23. The van der Waals surface area contributed by atoms with Gasteiger partial charge in [-0.15, -0.1) is 11.8 Å². The molecule has 0 fully saturated rings. The Hall–Kier alpha value is -1.15. The standard InChI is InChI=1S/C16H20OS/c1-3-4-7-12-18-16-11-10-15(17-2)13-8-5-6-9-14(13)16/h5-6,8-11H,3-4,7,12H2,1-2H3. The van der Waals surface area contributed by atoms with Crippen LogP contribution in [0.25, 0.3) is 10.8 Å². The number of unbranched alkanes of at least 4 members (excludes halogenated alkanes) is 2. The van der Waals surface area contributed by atoms with Gasteiger partial charge in [0.2, 0.25) is 0 Å². The number of benzene rings is 2. The summed E-state index contributed by atoms with van der Waals surface area (Å²) in [6.07, 6.45) is 3.90. The van der Waals surface area contributed by atoms with E-state index >= 15 is 0 Å². The number of fused-ring (bicyclic) bond motifs is 1. The van der Waals surface area contributed by atoms with E-state index in [2.05, 4.69) is 43.3 Å². The molecule has 0 aliphatic rings. The Morgan fingerprint density at radius 1 is 1.00 bits per heavy atom. The molecule has 0 aromatic heterocycles. The van der Waals surface area contributed by atoms with Crippen LogP contribution in [-0.2, 0) is 0 Å². The van der Waals surface area contributed by atoms with Crippen molar-refractivity contribution in [3.8, 4) is 5.75 Å². The number of hydrogen-bond acceptors (Lipinski definition) is 2. The Kier molecular flexibility index (Phi) is 4.94. The van der Waals surface area contributed by atoms with Crippen LogP contribution in [0.15, 0.2) is 41.3 Å². The quantitative estimate of drug-likeness (QED) is 0.526. The van der Waals surface area contributed by atoms with E-state index in [1.807, 2.05) is 11.8 Å². The molecule has 0 amide bonds. The van der Waals surface area contributed by atoms with Gasteiger partial charge in [0.15, 0.2) is 0 Å². The van der Waals surface area contributed by atoms with Crippen molar-refractivity contribution in [2.24, 2.45) is 0 Å². The van der Waals surface area contributed by atoms with Gasteiger partial charge in [0.1, 0.15) is 5.75 Å². The van der Waals surface area contributed by atoms with Gasteiger partial charge in [-0.25, -0.2) is 0 Å². The predicted molar refractivity (Wildman–Crippen MR) is 80.7 cm³/mol. The second kappa shape index (κ2) is 6.69. The minimum Gasteiger partial charge on any atom is -0.496 e. The fraction of sp³-hybridized carbons (Fsp3) is 0.375. The molecule has 0 atom stereocenters. The molecule has 2 heteroatoms. The summed E-state index contributed by atoms with van der Waals surface area (Å²) in [6.45, 7) is 2.24. The summed E-state index contributed by atoms with van der Waals surface area (Å²) in [5.74, 6) is 2.16. The molecule has 2 aromatic carbocycles. The van der Waals surface area contributed by atoms with Crippen molar-refractivity contribution in [3.63, 3.8) is 0 Å². The molecule has 96 valence electrons. The number of methoxy groups -OCH3 is 1. The lowest BCUT2D eigenvalue weighted by Crippen LogP contribution is -1.87. The Labute approximate surface area is 114 Å². The van der Waals surface area contributed by atoms with Gasteiger partial charge in [-0.3, -0.25) is 0 Å². The summed E-state index contributed by atoms with van der Waals surface area (Å²) in [4.78, 5) is 1.36. The van der Waals surface area contributed by atoms with E-state index in [9.17, 15) is 0 Å². The first-order valence-corrected chi connectivity index (χ1v) is 7.54. The van der Waals surface area contributed by atoms with Gasteiger partial charge in [-0.2, -0.15) is 0 Å². The highest BCUT2D eigenvalue weighted by atomic mass is 32.2. The van der Waals surface area contributed by atoms with Gasteiger partial charge in [0, 0.05) is 10.3 Å². The average Bonchev–Trinajstić information content (AvgIpc) is 2.43. The van der Waals surface area contributed by atoms with Crippen molar-refractivity contribution < 1.29 is 4.74 Å². The van der Waals surface area contributed by atoms with Crippen LogP contribution >= 0.6 is 11.8 Å². The molecule has 0 saturated carbocycles. The van der Waals surface area contributed by atoms with E-state index in [4.69, 9.17) is 4.74 Å². The maximum absolute atomic E-state index is 5.42. The van der Waals surface area contributed by atoms with Crippen molar-refractivity contribution in [3.05, 3.63) is 36.4 Å². The van der Waals surface area contributed by atoms with Crippen LogP contribution in [0.2, 0.25) is 0 Å². The summed E-state index contributed by atoms with van der Waals surface area (Å²) < 4.78 is 5.42. The monoisotopic (exact) mass is 260 g/mol. The largest absolute Gasteiger partial charge is 0.496 e. The van der Waals surface area contributed by atoms with Crippen molar-refractivity contribution in [2.75, 3.05) is 12.9 Å². The van der Waals surface area contributed by atoms with Crippen LogP contribution in [0, 0.1) is 0 Å². The first-order valence-electron chi connectivity index (χ1n) is 6.55. The van der Waals surface area contributed by atoms with E-state index in [0.717, 1.165) is 5.75 Å². The van der Waals surface area contributed by atoms with Crippen LogP contribution in [0.5, 0.6) is 5.75 Å². The first-order chi connectivity index (χ1) is 8.86. The Morgan fingerprint density at radius 2 is 1.78 bits per heavy atom. The lowest BCUT2D eigenvalue weighted by Gasteiger charge is -2.10. The fourth-order valence-corrected chi connectivity index (χ4v) is 3.15. The molecule has 0 heterocycles. The molecule has 0 bridgehead atoms. The van der Waals surface area contributed by atoms with E-state index in [1.54, 1.807) is 7.11 Å². The SMILES string of the molecule is CCCCCSc1ccc(OC)c2ccccc12. The van der Waals surface area contributed by atoms with Crippen LogP contribution in [0.3, 0.4) is 0 Å². The maximum atomic E-state index is 5.42. The molecule has 0 saturated heterocycles. The molecule has 18 heavy (non-hydrogen) atoms. The normalized spacial score (nSPS) is 10.8. The average molecular weight is 260 g/mol. The lowest BCUT2D eigenvalue weighted by molar-refractivity contribution is 0.419. The van der Waals surface area contributed by atoms with Crippen LogP contribution in [0.1, 0.15) is 26.2 Å². The van der Waals surface area contributed by atoms with Crippen molar-refractivity contribution >= 4 is 22.5 Å². The molecule has 0 aliphatic heterocycles. The Balaban J connectivity index is 2.23. The van der Waals surface area contributed by atoms with E-state index in [0.29, 0.717) is 0 Å². The summed E-state index contributed by atoms with van der Waals surface area (Å²) in [5, 5.41) is 2.51. The summed E-state index contributed by atoms with van der Waals surface area (Å²) in [5.41, 5.74) is 0. The zero-order valence-electron chi connectivity index (χ0n) is 11.1. The molecule has 2 rings (SSSR count). The molecule has 2 aromatic rings. The van der Waals surface area contributed by atoms with Crippen molar-refractivity contribution in [1.82, 2.24) is 0 Å². The minimum absolute atomic E-state index is 0.962. The first kappa shape index (κ1) is 13.3. The van der Waals surface area contributed by atoms with Crippen LogP contribution in [0.4, 0.5) is 0 Å². The van der Waals surface area contributed by atoms with E-state index in [-0.39, 0.29) is 0 Å². The zero-order chi connectivity index (χ0) is 12.8. The highest BCUT2D eigenvalue weighted by Crippen LogP contribution is 2.34. The third-order valence-electron chi connectivity index (χ3n) is 3.07. The highest BCUT2D eigenvalue weighted by Gasteiger charge is 2.05. The van der Waals surface area contributed by atoms with Gasteiger partial charge in [-0.1, -0.05) is 44.0 Å². The van der Waals surface area contributed by atoms with Gasteiger partial charge >= 0.3 is 0 Å². The zero-order valence-corrected chi connectivity index (χ0v) is 11.9. The van der Waals surface area contributed by atoms with Crippen LogP contribution < -0.4 is 4.74 Å². The lowest BCUT2D eigenvalue weighted by atomic mass is 10.1. The van der Waals surface area contributed by atoms with Gasteiger partial charge in [-0.05, 0) is 29.7 Å². The maximum Gasteiger partial charge on any atom is 0.126 e. The van der Waals surface area contributed by atoms with Gasteiger partial charge < -0.3 is 4.74 Å². The molecule has 0 aliphatic carbocycles. The number of hydrogen-bond donors (Lipinski definition) is 0. The molecule has 0 radical (unpaired) electrons. The van der Waals surface area contributed by atoms with Gasteiger partial charge in [0.05, 0.1) is 7.11 Å². The molecular formula is C16H20OS. The number of thioether (sulfide) groups is 1. The minimum atomic E-state index is 0.962. The fourth-order valence-electron chi connectivity index (χ4n) is 2.08. The topological polar surface area (TPSA) is 9.23 Å². The molecule has 0 spiro atoms. The van der Waals surface area contributed by atoms with Crippen molar-refractivity contribution in [1.29, 1.82) is 0 Å². The Bertz CT molecular complexity index is 507. The summed E-state index contributed by atoms with van der Waals surface area (Å²) in [6, 6.07) is 12.7. The summed E-state index contributed by atoms with van der Waals surface area (Å²) in [7, 11) is 1.73. The van der Waals surface area contributed by atoms with Crippen LogP contribution in [-0.4, -0.2) is 12.9 Å². The third kappa shape index (κ3) is 2.99. The number of ether oxygens (including phenoxy) is 1. The second-order valence-electron chi connectivity index (χ2n) is 4.37. The van der Waals surface area contributed by atoms with E-state index < -0.39 is 0 Å². The van der Waals surface area contributed by atoms with E-state index in [1.165, 1.54) is 40.7 Å². The molecular weight excluding hydrogens is 240 g/mol. The number of rotatable bonds is 6. The molecule has 1 nitrogen and oxygen atoms in total. The smallest absolute Gasteiger partial charge is 0.126 e. The molecule has 0 N–H and O–H groups in total. The van der Waals surface area contributed by atoms with Gasteiger partial charge in [0.25, 0.3) is 0 Å². The second-order valence-corrected chi connectivity index (χ2v) is 5.50. The molecule has 0 unspecified atom stereocenters. The summed E-state index contributed by atoms with van der Waals surface area (Å²) >= 11 is 1.95.